The Morgan fingerprint density at radius 3 is 2.42 bits per heavy atom. The molecule has 7 heteroatoms. The van der Waals surface area contributed by atoms with Crippen molar-refractivity contribution < 1.29 is 19.5 Å². The quantitative estimate of drug-likeness (QED) is 0.795. The number of amides is 3. The molecule has 1 saturated carbocycles. The number of nitrogens with one attached hydrogen (secondary N) is 1. The number of aliphatic carboxylic acids is 1. The van der Waals surface area contributed by atoms with Gasteiger partial charge in [0.2, 0.25) is 5.91 Å². The molecular weight excluding hydrogens is 334 g/mol. The van der Waals surface area contributed by atoms with Crippen molar-refractivity contribution in [1.29, 1.82) is 0 Å². The highest BCUT2D eigenvalue weighted by Gasteiger charge is 2.59. The summed E-state index contributed by atoms with van der Waals surface area (Å²) in [6.07, 6.45) is 4.02. The Labute approximate surface area is 155 Å². The van der Waals surface area contributed by atoms with Gasteiger partial charge >= 0.3 is 12.0 Å². The van der Waals surface area contributed by atoms with Crippen molar-refractivity contribution in [2.45, 2.75) is 46.0 Å². The van der Waals surface area contributed by atoms with Crippen molar-refractivity contribution in [2.24, 2.45) is 23.2 Å². The zero-order valence-corrected chi connectivity index (χ0v) is 15.9. The summed E-state index contributed by atoms with van der Waals surface area (Å²) in [7, 11) is 0. The second kappa shape index (κ2) is 7.45. The predicted octanol–water partition coefficient (Wildman–Crippen LogP) is 1.78. The minimum atomic E-state index is -0.694. The Balaban J connectivity index is 1.49. The number of carboxylic acids is 1. The van der Waals surface area contributed by atoms with Gasteiger partial charge in [0.1, 0.15) is 0 Å². The molecule has 146 valence electrons. The first-order chi connectivity index (χ1) is 12.3. The maximum atomic E-state index is 12.9. The lowest BCUT2D eigenvalue weighted by Crippen LogP contribution is -2.51. The third-order valence-electron chi connectivity index (χ3n) is 6.28. The van der Waals surface area contributed by atoms with Gasteiger partial charge in [-0.25, -0.2) is 4.79 Å². The van der Waals surface area contributed by atoms with Gasteiger partial charge in [-0.3, -0.25) is 9.59 Å². The summed E-state index contributed by atoms with van der Waals surface area (Å²) >= 11 is 0. The summed E-state index contributed by atoms with van der Waals surface area (Å²) in [6.45, 7) is 7.25. The van der Waals surface area contributed by atoms with Crippen molar-refractivity contribution in [3.05, 3.63) is 0 Å². The van der Waals surface area contributed by atoms with Gasteiger partial charge < -0.3 is 20.2 Å². The molecule has 3 aliphatic rings. The molecule has 1 spiro atoms. The minimum Gasteiger partial charge on any atom is -0.481 e. The zero-order chi connectivity index (χ0) is 18.9. The van der Waals surface area contributed by atoms with Crippen LogP contribution in [0.15, 0.2) is 0 Å². The number of carbonyl (C=O) groups excluding carboxylic acids is 2. The van der Waals surface area contributed by atoms with E-state index in [2.05, 4.69) is 19.2 Å². The van der Waals surface area contributed by atoms with Crippen LogP contribution in [0, 0.1) is 23.2 Å². The van der Waals surface area contributed by atoms with E-state index < -0.39 is 5.97 Å². The van der Waals surface area contributed by atoms with E-state index in [9.17, 15) is 19.5 Å². The number of hydrogen-bond acceptors (Lipinski definition) is 3. The zero-order valence-electron chi connectivity index (χ0n) is 15.9. The van der Waals surface area contributed by atoms with Crippen LogP contribution >= 0.6 is 0 Å². The van der Waals surface area contributed by atoms with Crippen molar-refractivity contribution in [3.63, 3.8) is 0 Å². The van der Waals surface area contributed by atoms with Gasteiger partial charge in [-0.1, -0.05) is 13.8 Å². The van der Waals surface area contributed by atoms with E-state index in [0.29, 0.717) is 38.6 Å². The summed E-state index contributed by atoms with van der Waals surface area (Å²) in [4.78, 5) is 40.0. The normalized spacial score (nSPS) is 27.5. The number of carbonyl (C=O) groups is 3. The van der Waals surface area contributed by atoms with Gasteiger partial charge in [0.25, 0.3) is 0 Å². The molecule has 3 rings (SSSR count). The first kappa shape index (κ1) is 19.0. The molecule has 2 aliphatic heterocycles. The summed E-state index contributed by atoms with van der Waals surface area (Å²) in [5, 5.41) is 12.1. The van der Waals surface area contributed by atoms with Crippen LogP contribution in [-0.2, 0) is 9.59 Å². The molecule has 26 heavy (non-hydrogen) atoms. The lowest BCUT2D eigenvalue weighted by atomic mass is 9.89. The van der Waals surface area contributed by atoms with Crippen LogP contribution in [0.4, 0.5) is 4.79 Å². The van der Waals surface area contributed by atoms with E-state index in [1.54, 1.807) is 4.90 Å². The molecule has 0 bridgehead atoms. The van der Waals surface area contributed by atoms with Gasteiger partial charge in [0.15, 0.2) is 0 Å². The molecule has 0 aromatic carbocycles. The number of piperidine rings is 2. The first-order valence-electron chi connectivity index (χ1n) is 9.87. The molecule has 2 N–H and O–H groups in total. The van der Waals surface area contributed by atoms with E-state index in [1.807, 2.05) is 4.90 Å². The molecule has 7 nitrogen and oxygen atoms in total. The van der Waals surface area contributed by atoms with Crippen molar-refractivity contribution in [2.75, 3.05) is 32.7 Å². The highest BCUT2D eigenvalue weighted by atomic mass is 16.4. The van der Waals surface area contributed by atoms with Gasteiger partial charge in [-0.05, 0) is 43.4 Å². The van der Waals surface area contributed by atoms with Crippen LogP contribution in [0.1, 0.15) is 46.0 Å². The molecule has 3 fully saturated rings. The fourth-order valence-electron chi connectivity index (χ4n) is 4.45. The minimum absolute atomic E-state index is 0.0576. The van der Waals surface area contributed by atoms with E-state index >= 15 is 0 Å². The monoisotopic (exact) mass is 365 g/mol. The van der Waals surface area contributed by atoms with Crippen LogP contribution < -0.4 is 5.32 Å². The Bertz CT molecular complexity index is 569. The van der Waals surface area contributed by atoms with E-state index in [1.165, 1.54) is 0 Å². The highest BCUT2D eigenvalue weighted by molar-refractivity contribution is 5.81. The summed E-state index contributed by atoms with van der Waals surface area (Å²) in [5.41, 5.74) is -0.0576. The largest absolute Gasteiger partial charge is 0.481 e. The molecule has 0 aromatic rings. The van der Waals surface area contributed by atoms with Crippen molar-refractivity contribution in [1.82, 2.24) is 15.1 Å². The maximum Gasteiger partial charge on any atom is 0.317 e. The number of carboxylic acid groups (broad SMARTS) is 1. The summed E-state index contributed by atoms with van der Waals surface area (Å²) in [5.74, 6) is -0.501. The van der Waals surface area contributed by atoms with Crippen LogP contribution in [0.25, 0.3) is 0 Å². The Morgan fingerprint density at radius 2 is 1.85 bits per heavy atom. The smallest absolute Gasteiger partial charge is 0.317 e. The second-order valence-corrected chi connectivity index (χ2v) is 8.65. The SMILES string of the molecule is CC(C)CNC(=O)N1CCCC(C(=O)N2CCC3(CC2)CC3C(=O)O)C1. The highest BCUT2D eigenvalue weighted by Crippen LogP contribution is 2.59. The van der Waals surface area contributed by atoms with Gasteiger partial charge in [-0.15, -0.1) is 0 Å². The number of nitrogens with zero attached hydrogens (tertiary/aromatic N) is 2. The number of likely N-dealkylation sites (tertiary alicyclic amines) is 2. The van der Waals surface area contributed by atoms with Crippen LogP contribution in [0.5, 0.6) is 0 Å². The fraction of sp³-hybridized carbons (Fsp3) is 0.842. The Morgan fingerprint density at radius 1 is 1.15 bits per heavy atom. The van der Waals surface area contributed by atoms with E-state index in [4.69, 9.17) is 0 Å². The molecule has 2 saturated heterocycles. The van der Waals surface area contributed by atoms with E-state index in [-0.39, 0.29) is 29.2 Å². The third kappa shape index (κ3) is 3.96. The molecular formula is C19H31N3O4. The number of hydrogen-bond donors (Lipinski definition) is 2. The van der Waals surface area contributed by atoms with Crippen molar-refractivity contribution in [3.8, 4) is 0 Å². The number of rotatable bonds is 4. The topological polar surface area (TPSA) is 90.0 Å². The van der Waals surface area contributed by atoms with Crippen LogP contribution in [0.2, 0.25) is 0 Å². The van der Waals surface area contributed by atoms with Crippen LogP contribution in [0.3, 0.4) is 0 Å². The van der Waals surface area contributed by atoms with Gasteiger partial charge in [-0.2, -0.15) is 0 Å². The lowest BCUT2D eigenvalue weighted by Gasteiger charge is -2.38. The van der Waals surface area contributed by atoms with E-state index in [0.717, 1.165) is 32.1 Å². The predicted molar refractivity (Wildman–Crippen MR) is 96.5 cm³/mol. The average molecular weight is 365 g/mol. The standard InChI is InChI=1S/C19H31N3O4/c1-13(2)11-20-18(26)22-7-3-4-14(12-22)16(23)21-8-5-19(6-9-21)10-15(19)17(24)25/h13-15H,3-12H2,1-2H3,(H,20,26)(H,24,25). The summed E-state index contributed by atoms with van der Waals surface area (Å²) in [6, 6.07) is -0.0731. The van der Waals surface area contributed by atoms with Gasteiger partial charge in [0, 0.05) is 32.7 Å². The molecule has 1 aliphatic carbocycles. The van der Waals surface area contributed by atoms with Gasteiger partial charge in [0.05, 0.1) is 11.8 Å². The average Bonchev–Trinajstić information content (AvgIpc) is 3.33. The molecule has 3 amide bonds. The second-order valence-electron chi connectivity index (χ2n) is 8.65. The lowest BCUT2D eigenvalue weighted by molar-refractivity contribution is -0.140. The molecule has 0 radical (unpaired) electrons. The van der Waals surface area contributed by atoms with Crippen molar-refractivity contribution >= 4 is 17.9 Å². The third-order valence-corrected chi connectivity index (χ3v) is 6.28. The molecule has 2 atom stereocenters. The Hall–Kier alpha value is -1.79. The fourth-order valence-corrected chi connectivity index (χ4v) is 4.45. The molecule has 2 unspecified atom stereocenters. The van der Waals surface area contributed by atoms with Crippen LogP contribution in [-0.4, -0.2) is 65.5 Å². The summed E-state index contributed by atoms with van der Waals surface area (Å²) < 4.78 is 0. The maximum absolute atomic E-state index is 12.9. The number of urea groups is 1. The Kier molecular flexibility index (Phi) is 5.44. The first-order valence-corrected chi connectivity index (χ1v) is 9.87. The molecule has 2 heterocycles. The molecule has 0 aromatic heterocycles.